The molecular formula is C12H13N3O. The first-order valence-corrected chi connectivity index (χ1v) is 5.04. The Kier molecular flexibility index (Phi) is 2.72. The fourth-order valence-electron chi connectivity index (χ4n) is 1.62. The van der Waals surface area contributed by atoms with E-state index in [0.29, 0.717) is 12.1 Å². The Hall–Kier alpha value is -2.10. The molecule has 2 aromatic rings. The lowest BCUT2D eigenvalue weighted by Crippen LogP contribution is -2.15. The second kappa shape index (κ2) is 4.18. The van der Waals surface area contributed by atoms with Crippen LogP contribution in [-0.2, 0) is 6.54 Å². The predicted molar refractivity (Wildman–Crippen MR) is 61.0 cm³/mol. The van der Waals surface area contributed by atoms with Crippen molar-refractivity contribution in [2.24, 2.45) is 5.73 Å². The first-order valence-electron chi connectivity index (χ1n) is 5.04. The van der Waals surface area contributed by atoms with E-state index in [0.717, 1.165) is 11.3 Å². The van der Waals surface area contributed by atoms with Gasteiger partial charge >= 0.3 is 0 Å². The zero-order chi connectivity index (χ0) is 11.5. The molecule has 16 heavy (non-hydrogen) atoms. The third-order valence-corrected chi connectivity index (χ3v) is 2.39. The van der Waals surface area contributed by atoms with E-state index in [-0.39, 0.29) is 0 Å². The summed E-state index contributed by atoms with van der Waals surface area (Å²) in [6, 6.07) is 9.23. The van der Waals surface area contributed by atoms with Gasteiger partial charge in [-0.3, -0.25) is 9.48 Å². The molecule has 0 saturated heterocycles. The van der Waals surface area contributed by atoms with Gasteiger partial charge in [0, 0.05) is 11.8 Å². The molecule has 2 rings (SSSR count). The molecule has 0 spiro atoms. The van der Waals surface area contributed by atoms with Crippen molar-refractivity contribution in [2.75, 3.05) is 0 Å². The van der Waals surface area contributed by atoms with E-state index in [2.05, 4.69) is 5.10 Å². The highest BCUT2D eigenvalue weighted by Gasteiger charge is 2.07. The third kappa shape index (κ3) is 2.11. The number of primary amides is 1. The second-order valence-electron chi connectivity index (χ2n) is 3.68. The van der Waals surface area contributed by atoms with Gasteiger partial charge in [0.2, 0.25) is 5.91 Å². The Morgan fingerprint density at radius 3 is 2.75 bits per heavy atom. The van der Waals surface area contributed by atoms with E-state index in [9.17, 15) is 4.79 Å². The van der Waals surface area contributed by atoms with Crippen LogP contribution in [0.3, 0.4) is 0 Å². The van der Waals surface area contributed by atoms with Crippen molar-refractivity contribution in [1.82, 2.24) is 9.78 Å². The van der Waals surface area contributed by atoms with E-state index in [4.69, 9.17) is 5.73 Å². The van der Waals surface area contributed by atoms with Gasteiger partial charge < -0.3 is 5.73 Å². The minimum Gasteiger partial charge on any atom is -0.366 e. The molecule has 0 aliphatic heterocycles. The molecule has 1 aromatic carbocycles. The first-order chi connectivity index (χ1) is 7.66. The number of nitrogens with two attached hydrogens (primary N) is 1. The van der Waals surface area contributed by atoms with E-state index < -0.39 is 5.91 Å². The number of rotatable bonds is 3. The molecule has 0 fully saturated rings. The number of nitrogens with zero attached hydrogens (tertiary/aromatic N) is 2. The van der Waals surface area contributed by atoms with E-state index in [1.54, 1.807) is 16.8 Å². The molecule has 82 valence electrons. The van der Waals surface area contributed by atoms with Gasteiger partial charge in [-0.2, -0.15) is 5.10 Å². The van der Waals surface area contributed by atoms with E-state index in [1.165, 1.54) is 0 Å². The number of carbonyl (C=O) groups excluding carboxylic acids is 1. The van der Waals surface area contributed by atoms with Crippen LogP contribution in [0.5, 0.6) is 0 Å². The van der Waals surface area contributed by atoms with Crippen molar-refractivity contribution in [1.29, 1.82) is 0 Å². The predicted octanol–water partition coefficient (Wildman–Crippen LogP) is 1.34. The van der Waals surface area contributed by atoms with Crippen LogP contribution in [0.25, 0.3) is 0 Å². The molecule has 0 unspecified atom stereocenters. The number of carbonyl (C=O) groups is 1. The van der Waals surface area contributed by atoms with Crippen molar-refractivity contribution < 1.29 is 4.79 Å². The molecule has 0 radical (unpaired) electrons. The topological polar surface area (TPSA) is 60.9 Å². The summed E-state index contributed by atoms with van der Waals surface area (Å²) < 4.78 is 1.79. The third-order valence-electron chi connectivity index (χ3n) is 2.39. The molecule has 0 bridgehead atoms. The van der Waals surface area contributed by atoms with Crippen molar-refractivity contribution in [3.63, 3.8) is 0 Å². The number of aromatic nitrogens is 2. The molecule has 1 aromatic heterocycles. The minimum atomic E-state index is -0.403. The summed E-state index contributed by atoms with van der Waals surface area (Å²) in [5, 5.41) is 4.27. The fraction of sp³-hybridized carbons (Fsp3) is 0.167. The van der Waals surface area contributed by atoms with Gasteiger partial charge in [-0.25, -0.2) is 0 Å². The number of hydrogen-bond acceptors (Lipinski definition) is 2. The maximum atomic E-state index is 11.2. The Morgan fingerprint density at radius 2 is 2.12 bits per heavy atom. The van der Waals surface area contributed by atoms with Crippen LogP contribution < -0.4 is 5.73 Å². The molecular weight excluding hydrogens is 202 g/mol. The van der Waals surface area contributed by atoms with E-state index in [1.807, 2.05) is 31.3 Å². The maximum Gasteiger partial charge on any atom is 0.249 e. The lowest BCUT2D eigenvalue weighted by molar-refractivity contribution is 0.0999. The summed E-state index contributed by atoms with van der Waals surface area (Å²) in [7, 11) is 0. The molecule has 0 saturated carbocycles. The summed E-state index contributed by atoms with van der Waals surface area (Å²) in [5.74, 6) is -0.403. The van der Waals surface area contributed by atoms with Gasteiger partial charge in [0.25, 0.3) is 0 Å². The zero-order valence-corrected chi connectivity index (χ0v) is 9.05. The molecule has 0 atom stereocenters. The van der Waals surface area contributed by atoms with Crippen LogP contribution in [0.2, 0.25) is 0 Å². The Morgan fingerprint density at radius 1 is 1.38 bits per heavy atom. The minimum absolute atomic E-state index is 0.403. The summed E-state index contributed by atoms with van der Waals surface area (Å²) in [5.41, 5.74) is 7.70. The van der Waals surface area contributed by atoms with Crippen LogP contribution in [0.1, 0.15) is 21.6 Å². The van der Waals surface area contributed by atoms with Crippen LogP contribution in [-0.4, -0.2) is 15.7 Å². The molecule has 1 heterocycles. The molecule has 4 heteroatoms. The SMILES string of the molecule is Cc1ccn(Cc2ccccc2C(N)=O)n1. The summed E-state index contributed by atoms with van der Waals surface area (Å²) >= 11 is 0. The van der Waals surface area contributed by atoms with Crippen LogP contribution in [0.4, 0.5) is 0 Å². The Bertz CT molecular complexity index is 516. The monoisotopic (exact) mass is 215 g/mol. The van der Waals surface area contributed by atoms with Gasteiger partial charge in [0.15, 0.2) is 0 Å². The average molecular weight is 215 g/mol. The van der Waals surface area contributed by atoms with Gasteiger partial charge in [0.1, 0.15) is 0 Å². The number of amides is 1. The smallest absolute Gasteiger partial charge is 0.249 e. The van der Waals surface area contributed by atoms with Gasteiger partial charge in [-0.1, -0.05) is 18.2 Å². The average Bonchev–Trinajstić information content (AvgIpc) is 2.64. The fourth-order valence-corrected chi connectivity index (χ4v) is 1.62. The normalized spacial score (nSPS) is 10.3. The lowest BCUT2D eigenvalue weighted by Gasteiger charge is -2.06. The largest absolute Gasteiger partial charge is 0.366 e. The molecule has 4 nitrogen and oxygen atoms in total. The Balaban J connectivity index is 2.31. The molecule has 1 amide bonds. The van der Waals surface area contributed by atoms with E-state index >= 15 is 0 Å². The quantitative estimate of drug-likeness (QED) is 0.839. The number of hydrogen-bond donors (Lipinski definition) is 1. The highest BCUT2D eigenvalue weighted by Crippen LogP contribution is 2.09. The summed E-state index contributed by atoms with van der Waals surface area (Å²) in [4.78, 5) is 11.2. The number of benzene rings is 1. The van der Waals surface area contributed by atoms with Crippen LogP contribution in [0, 0.1) is 6.92 Å². The number of aryl methyl sites for hydroxylation is 1. The van der Waals surface area contributed by atoms with Gasteiger partial charge in [-0.05, 0) is 24.6 Å². The molecule has 0 aliphatic carbocycles. The van der Waals surface area contributed by atoms with Gasteiger partial charge in [-0.15, -0.1) is 0 Å². The van der Waals surface area contributed by atoms with Crippen molar-refractivity contribution in [3.8, 4) is 0 Å². The second-order valence-corrected chi connectivity index (χ2v) is 3.68. The molecule has 2 N–H and O–H groups in total. The summed E-state index contributed by atoms with van der Waals surface area (Å²) in [6.07, 6.45) is 1.88. The zero-order valence-electron chi connectivity index (χ0n) is 9.05. The molecule has 0 aliphatic rings. The maximum absolute atomic E-state index is 11.2. The van der Waals surface area contributed by atoms with Crippen molar-refractivity contribution >= 4 is 5.91 Å². The highest BCUT2D eigenvalue weighted by molar-refractivity contribution is 5.94. The van der Waals surface area contributed by atoms with Crippen molar-refractivity contribution in [3.05, 3.63) is 53.3 Å². The summed E-state index contributed by atoms with van der Waals surface area (Å²) in [6.45, 7) is 2.49. The van der Waals surface area contributed by atoms with Crippen molar-refractivity contribution in [2.45, 2.75) is 13.5 Å². The van der Waals surface area contributed by atoms with Crippen LogP contribution >= 0.6 is 0 Å². The first kappa shape index (κ1) is 10.4. The van der Waals surface area contributed by atoms with Gasteiger partial charge in [0.05, 0.1) is 12.2 Å². The van der Waals surface area contributed by atoms with Crippen LogP contribution in [0.15, 0.2) is 36.5 Å². The highest BCUT2D eigenvalue weighted by atomic mass is 16.1. The standard InChI is InChI=1S/C12H13N3O/c1-9-6-7-15(14-9)8-10-4-2-3-5-11(10)12(13)16/h2-7H,8H2,1H3,(H2,13,16). The lowest BCUT2D eigenvalue weighted by atomic mass is 10.1. The Labute approximate surface area is 93.7 Å².